The van der Waals surface area contributed by atoms with E-state index in [1.807, 2.05) is 25.3 Å². The van der Waals surface area contributed by atoms with Gasteiger partial charge in [-0.3, -0.25) is 15.1 Å². The summed E-state index contributed by atoms with van der Waals surface area (Å²) in [4.78, 5) is 15.7. The third kappa shape index (κ3) is 3.03. The zero-order chi connectivity index (χ0) is 12.3. The van der Waals surface area contributed by atoms with E-state index in [1.165, 1.54) is 7.11 Å². The Morgan fingerprint density at radius 3 is 2.88 bits per heavy atom. The molecule has 0 bridgehead atoms. The summed E-state index contributed by atoms with van der Waals surface area (Å²) in [5.74, 6) is 0.268. The zero-order valence-electron chi connectivity index (χ0n) is 10.2. The van der Waals surface area contributed by atoms with E-state index in [-0.39, 0.29) is 18.1 Å². The number of hydrogen-bond donors (Lipinski definition) is 1. The lowest BCUT2D eigenvalue weighted by Gasteiger charge is -2.21. The minimum absolute atomic E-state index is 0.105. The van der Waals surface area contributed by atoms with Gasteiger partial charge in [-0.25, -0.2) is 0 Å². The molecule has 1 aromatic heterocycles. The molecule has 4 heteroatoms. The second kappa shape index (κ2) is 5.27. The highest BCUT2D eigenvalue weighted by molar-refractivity contribution is 5.76. The molecule has 1 aliphatic rings. The van der Waals surface area contributed by atoms with Crippen molar-refractivity contribution in [2.45, 2.75) is 31.8 Å². The van der Waals surface area contributed by atoms with E-state index in [9.17, 15) is 4.79 Å². The van der Waals surface area contributed by atoms with E-state index in [0.29, 0.717) is 5.92 Å². The molecule has 0 saturated heterocycles. The lowest BCUT2D eigenvalue weighted by molar-refractivity contribution is -0.144. The van der Waals surface area contributed by atoms with E-state index in [1.54, 1.807) is 6.20 Å². The van der Waals surface area contributed by atoms with Crippen molar-refractivity contribution < 1.29 is 9.53 Å². The van der Waals surface area contributed by atoms with Crippen LogP contribution >= 0.6 is 0 Å². The van der Waals surface area contributed by atoms with Crippen LogP contribution in [0.2, 0.25) is 0 Å². The standard InChI is InChI=1S/C13H18N2O2/c1-9(11-4-3-7-14-8-11)15-12(10-5-6-10)13(16)17-2/h3-4,7-10,12,15H,5-6H2,1-2H3/t9-,12?/m1/s1. The van der Waals surface area contributed by atoms with Gasteiger partial charge in [0.1, 0.15) is 6.04 Å². The molecule has 1 N–H and O–H groups in total. The highest BCUT2D eigenvalue weighted by Gasteiger charge is 2.37. The van der Waals surface area contributed by atoms with Gasteiger partial charge in [0, 0.05) is 18.4 Å². The number of nitrogens with one attached hydrogen (secondary N) is 1. The zero-order valence-corrected chi connectivity index (χ0v) is 10.2. The van der Waals surface area contributed by atoms with Crippen LogP contribution in [0.15, 0.2) is 24.5 Å². The molecule has 1 fully saturated rings. The van der Waals surface area contributed by atoms with Gasteiger partial charge in [0.25, 0.3) is 0 Å². The van der Waals surface area contributed by atoms with Gasteiger partial charge in [-0.1, -0.05) is 6.07 Å². The van der Waals surface area contributed by atoms with Crippen LogP contribution in [0.25, 0.3) is 0 Å². The number of ether oxygens (including phenoxy) is 1. The molecule has 0 aromatic carbocycles. The van der Waals surface area contributed by atoms with Crippen molar-refractivity contribution in [2.75, 3.05) is 7.11 Å². The number of carbonyl (C=O) groups is 1. The molecule has 1 aromatic rings. The molecule has 4 nitrogen and oxygen atoms in total. The van der Waals surface area contributed by atoms with Crippen molar-refractivity contribution in [2.24, 2.45) is 5.92 Å². The van der Waals surface area contributed by atoms with Crippen molar-refractivity contribution in [3.05, 3.63) is 30.1 Å². The predicted octanol–water partition coefficient (Wildman–Crippen LogP) is 1.68. The van der Waals surface area contributed by atoms with Crippen molar-refractivity contribution in [3.63, 3.8) is 0 Å². The second-order valence-corrected chi connectivity index (χ2v) is 4.51. The van der Waals surface area contributed by atoms with Crippen LogP contribution in [-0.4, -0.2) is 24.1 Å². The number of methoxy groups -OCH3 is 1. The number of esters is 1. The number of nitrogens with zero attached hydrogens (tertiary/aromatic N) is 1. The average Bonchev–Trinajstić information content (AvgIpc) is 3.20. The first-order valence-corrected chi connectivity index (χ1v) is 5.96. The molecule has 1 heterocycles. The second-order valence-electron chi connectivity index (χ2n) is 4.51. The summed E-state index contributed by atoms with van der Waals surface area (Å²) in [6, 6.07) is 3.83. The van der Waals surface area contributed by atoms with Gasteiger partial charge in [-0.2, -0.15) is 0 Å². The minimum atomic E-state index is -0.185. The van der Waals surface area contributed by atoms with Gasteiger partial charge in [0.15, 0.2) is 0 Å². The fraction of sp³-hybridized carbons (Fsp3) is 0.538. The van der Waals surface area contributed by atoms with Crippen LogP contribution in [0.3, 0.4) is 0 Å². The molecular formula is C13H18N2O2. The maximum absolute atomic E-state index is 11.7. The first-order chi connectivity index (χ1) is 8.22. The van der Waals surface area contributed by atoms with E-state index in [2.05, 4.69) is 10.3 Å². The van der Waals surface area contributed by atoms with Gasteiger partial charge in [-0.15, -0.1) is 0 Å². The van der Waals surface area contributed by atoms with Crippen LogP contribution < -0.4 is 5.32 Å². The molecule has 0 spiro atoms. The van der Waals surface area contributed by atoms with E-state index in [4.69, 9.17) is 4.74 Å². The predicted molar refractivity (Wildman–Crippen MR) is 64.3 cm³/mol. The Morgan fingerprint density at radius 2 is 2.35 bits per heavy atom. The maximum Gasteiger partial charge on any atom is 0.323 e. The first-order valence-electron chi connectivity index (χ1n) is 5.96. The van der Waals surface area contributed by atoms with Gasteiger partial charge in [0.05, 0.1) is 7.11 Å². The molecule has 1 saturated carbocycles. The van der Waals surface area contributed by atoms with Crippen molar-refractivity contribution in [1.82, 2.24) is 10.3 Å². The number of carbonyl (C=O) groups excluding carboxylic acids is 1. The monoisotopic (exact) mass is 234 g/mol. The number of aromatic nitrogens is 1. The molecule has 17 heavy (non-hydrogen) atoms. The van der Waals surface area contributed by atoms with E-state index >= 15 is 0 Å². The van der Waals surface area contributed by atoms with Crippen LogP contribution in [0, 0.1) is 5.92 Å². The SMILES string of the molecule is COC(=O)C(N[C@H](C)c1cccnc1)C1CC1. The Hall–Kier alpha value is -1.42. The van der Waals surface area contributed by atoms with E-state index < -0.39 is 0 Å². The molecular weight excluding hydrogens is 216 g/mol. The topological polar surface area (TPSA) is 51.2 Å². The third-order valence-corrected chi connectivity index (χ3v) is 3.16. The lowest BCUT2D eigenvalue weighted by Crippen LogP contribution is -2.40. The quantitative estimate of drug-likeness (QED) is 0.788. The smallest absolute Gasteiger partial charge is 0.323 e. The Kier molecular flexibility index (Phi) is 3.74. The summed E-state index contributed by atoms with van der Waals surface area (Å²) < 4.78 is 4.83. The maximum atomic E-state index is 11.7. The fourth-order valence-electron chi connectivity index (χ4n) is 1.95. The van der Waals surface area contributed by atoms with Crippen molar-refractivity contribution in [3.8, 4) is 0 Å². The largest absolute Gasteiger partial charge is 0.468 e. The molecule has 0 aliphatic heterocycles. The Balaban J connectivity index is 2.00. The number of rotatable bonds is 5. The van der Waals surface area contributed by atoms with Crippen LogP contribution in [0.4, 0.5) is 0 Å². The summed E-state index contributed by atoms with van der Waals surface area (Å²) in [6.45, 7) is 2.04. The fourth-order valence-corrected chi connectivity index (χ4v) is 1.95. The molecule has 2 rings (SSSR count). The van der Waals surface area contributed by atoms with Crippen LogP contribution in [-0.2, 0) is 9.53 Å². The van der Waals surface area contributed by atoms with Gasteiger partial charge < -0.3 is 4.74 Å². The molecule has 2 atom stereocenters. The summed E-state index contributed by atoms with van der Waals surface area (Å²) >= 11 is 0. The highest BCUT2D eigenvalue weighted by Crippen LogP contribution is 2.34. The van der Waals surface area contributed by atoms with E-state index in [0.717, 1.165) is 18.4 Å². The van der Waals surface area contributed by atoms with Crippen LogP contribution in [0.1, 0.15) is 31.4 Å². The van der Waals surface area contributed by atoms with Crippen molar-refractivity contribution >= 4 is 5.97 Å². The van der Waals surface area contributed by atoms with Gasteiger partial charge >= 0.3 is 5.97 Å². The number of pyridine rings is 1. The normalized spacial score (nSPS) is 18.5. The van der Waals surface area contributed by atoms with Crippen LogP contribution in [0.5, 0.6) is 0 Å². The Labute approximate surface area is 101 Å². The highest BCUT2D eigenvalue weighted by atomic mass is 16.5. The molecule has 92 valence electrons. The summed E-state index contributed by atoms with van der Waals surface area (Å²) in [6.07, 6.45) is 5.77. The lowest BCUT2D eigenvalue weighted by atomic mass is 10.1. The molecule has 1 unspecified atom stereocenters. The third-order valence-electron chi connectivity index (χ3n) is 3.16. The summed E-state index contributed by atoms with van der Waals surface area (Å²) in [5, 5.41) is 3.33. The van der Waals surface area contributed by atoms with Crippen molar-refractivity contribution in [1.29, 1.82) is 0 Å². The molecule has 1 aliphatic carbocycles. The summed E-state index contributed by atoms with van der Waals surface area (Å²) in [5.41, 5.74) is 1.09. The minimum Gasteiger partial charge on any atom is -0.468 e. The average molecular weight is 234 g/mol. The molecule has 0 radical (unpaired) electrons. The number of hydrogen-bond acceptors (Lipinski definition) is 4. The van der Waals surface area contributed by atoms with Gasteiger partial charge in [0.2, 0.25) is 0 Å². The summed E-state index contributed by atoms with van der Waals surface area (Å²) in [7, 11) is 1.44. The Morgan fingerprint density at radius 1 is 1.59 bits per heavy atom. The van der Waals surface area contributed by atoms with Gasteiger partial charge in [-0.05, 0) is 37.3 Å². The Bertz CT molecular complexity index is 376. The molecule has 0 amide bonds. The first kappa shape index (κ1) is 12.0.